The molecular weight excluding hydrogens is 262 g/mol. The van der Waals surface area contributed by atoms with Crippen LogP contribution in [0.1, 0.15) is 29.8 Å². The molecule has 106 valence electrons. The van der Waals surface area contributed by atoms with Gasteiger partial charge < -0.3 is 5.32 Å². The van der Waals surface area contributed by atoms with E-state index in [4.69, 9.17) is 0 Å². The molecule has 0 radical (unpaired) electrons. The van der Waals surface area contributed by atoms with Gasteiger partial charge >= 0.3 is 0 Å². The number of allylic oxidation sites excluding steroid dienone is 1. The van der Waals surface area contributed by atoms with Crippen LogP contribution in [0.25, 0.3) is 5.70 Å². The number of carbonyl (C=O) groups is 2. The van der Waals surface area contributed by atoms with Crippen LogP contribution < -0.4 is 5.32 Å². The summed E-state index contributed by atoms with van der Waals surface area (Å²) < 4.78 is 0. The molecule has 2 aromatic carbocycles. The summed E-state index contributed by atoms with van der Waals surface area (Å²) in [6, 6.07) is 18.3. The molecule has 0 heterocycles. The first-order valence-electron chi connectivity index (χ1n) is 6.73. The second kappa shape index (κ2) is 6.66. The fourth-order valence-electron chi connectivity index (χ4n) is 1.94. The first kappa shape index (κ1) is 14.7. The molecule has 0 fully saturated rings. The number of rotatable bonds is 4. The zero-order valence-corrected chi connectivity index (χ0v) is 12.1. The molecule has 0 aliphatic rings. The van der Waals surface area contributed by atoms with Crippen molar-refractivity contribution in [1.82, 2.24) is 5.32 Å². The van der Waals surface area contributed by atoms with Crippen molar-refractivity contribution in [2.75, 3.05) is 0 Å². The molecule has 0 bridgehead atoms. The van der Waals surface area contributed by atoms with Crippen LogP contribution >= 0.6 is 0 Å². The van der Waals surface area contributed by atoms with Gasteiger partial charge in [-0.1, -0.05) is 48.5 Å². The van der Waals surface area contributed by atoms with E-state index in [0.717, 1.165) is 5.56 Å². The normalized spacial score (nSPS) is 11.5. The van der Waals surface area contributed by atoms with Gasteiger partial charge in [0.15, 0.2) is 5.78 Å². The summed E-state index contributed by atoms with van der Waals surface area (Å²) in [6.07, 6.45) is 0. The number of nitrogens with one attached hydrogen (secondary N) is 1. The minimum Gasteiger partial charge on any atom is -0.321 e. The van der Waals surface area contributed by atoms with Crippen LogP contribution in [0.4, 0.5) is 0 Å². The van der Waals surface area contributed by atoms with E-state index in [1.165, 1.54) is 6.92 Å². The summed E-state index contributed by atoms with van der Waals surface area (Å²) in [5, 5.41) is 2.85. The molecule has 0 saturated carbocycles. The molecule has 21 heavy (non-hydrogen) atoms. The fraction of sp³-hybridized carbons (Fsp3) is 0.111. The van der Waals surface area contributed by atoms with E-state index >= 15 is 0 Å². The van der Waals surface area contributed by atoms with E-state index in [1.54, 1.807) is 31.2 Å². The van der Waals surface area contributed by atoms with Gasteiger partial charge in [-0.25, -0.2) is 0 Å². The van der Waals surface area contributed by atoms with Crippen molar-refractivity contribution in [1.29, 1.82) is 0 Å². The monoisotopic (exact) mass is 279 g/mol. The third-order valence-electron chi connectivity index (χ3n) is 3.24. The van der Waals surface area contributed by atoms with Crippen LogP contribution in [0.5, 0.6) is 0 Å². The summed E-state index contributed by atoms with van der Waals surface area (Å²) in [4.78, 5) is 24.0. The Morgan fingerprint density at radius 1 is 0.762 bits per heavy atom. The minimum absolute atomic E-state index is 0.0674. The van der Waals surface area contributed by atoms with Crippen LogP contribution in [-0.2, 0) is 4.79 Å². The number of benzene rings is 2. The van der Waals surface area contributed by atoms with Gasteiger partial charge in [-0.3, -0.25) is 9.59 Å². The number of hydrogen-bond acceptors (Lipinski definition) is 2. The van der Waals surface area contributed by atoms with Gasteiger partial charge in [-0.15, -0.1) is 0 Å². The summed E-state index contributed by atoms with van der Waals surface area (Å²) in [7, 11) is 0. The highest BCUT2D eigenvalue weighted by Crippen LogP contribution is 2.17. The molecule has 1 amide bonds. The number of hydrogen-bond donors (Lipinski definition) is 1. The van der Waals surface area contributed by atoms with Crippen molar-refractivity contribution in [2.24, 2.45) is 0 Å². The van der Waals surface area contributed by atoms with Crippen LogP contribution in [0, 0.1) is 0 Å². The highest BCUT2D eigenvalue weighted by atomic mass is 16.1. The van der Waals surface area contributed by atoms with Gasteiger partial charge in [-0.05, 0) is 31.5 Å². The lowest BCUT2D eigenvalue weighted by atomic mass is 10.0. The van der Waals surface area contributed by atoms with Gasteiger partial charge in [-0.2, -0.15) is 0 Å². The average Bonchev–Trinajstić information content (AvgIpc) is 2.53. The van der Waals surface area contributed by atoms with Crippen molar-refractivity contribution in [3.63, 3.8) is 0 Å². The van der Waals surface area contributed by atoms with E-state index in [9.17, 15) is 9.59 Å². The van der Waals surface area contributed by atoms with Gasteiger partial charge in [0.25, 0.3) is 5.91 Å². The predicted molar refractivity (Wildman–Crippen MR) is 83.6 cm³/mol. The van der Waals surface area contributed by atoms with Crippen LogP contribution in [0.15, 0.2) is 66.2 Å². The summed E-state index contributed by atoms with van der Waals surface area (Å²) >= 11 is 0. The van der Waals surface area contributed by atoms with Gasteiger partial charge in [0.2, 0.25) is 0 Å². The second-order valence-corrected chi connectivity index (χ2v) is 4.74. The van der Waals surface area contributed by atoms with Gasteiger partial charge in [0, 0.05) is 11.1 Å². The molecule has 2 rings (SSSR count). The van der Waals surface area contributed by atoms with Crippen molar-refractivity contribution in [3.8, 4) is 0 Å². The van der Waals surface area contributed by atoms with Gasteiger partial charge in [0.05, 0.1) is 5.70 Å². The smallest absolute Gasteiger partial charge is 0.255 e. The Labute approximate surface area is 124 Å². The average molecular weight is 279 g/mol. The number of ketones is 1. The van der Waals surface area contributed by atoms with Crippen molar-refractivity contribution in [2.45, 2.75) is 13.8 Å². The molecule has 2 aromatic rings. The van der Waals surface area contributed by atoms with E-state index in [2.05, 4.69) is 5.32 Å². The molecule has 0 aliphatic carbocycles. The number of carbonyl (C=O) groups excluding carboxylic acids is 2. The Bertz CT molecular complexity index is 673. The molecule has 1 N–H and O–H groups in total. The SMILES string of the molecule is CC(=O)/C(C)=C(/NC(=O)c1ccccc1)c1ccccc1. The molecular formula is C18H17NO2. The second-order valence-electron chi connectivity index (χ2n) is 4.74. The Hall–Kier alpha value is -2.68. The number of amides is 1. The standard InChI is InChI=1S/C18H17NO2/c1-13(14(2)20)17(15-9-5-3-6-10-15)19-18(21)16-11-7-4-8-12-16/h3-12H,1-2H3,(H,19,21)/b17-13+. The Kier molecular flexibility index (Phi) is 4.67. The Morgan fingerprint density at radius 3 is 1.71 bits per heavy atom. The fourth-order valence-corrected chi connectivity index (χ4v) is 1.94. The van der Waals surface area contributed by atoms with Crippen LogP contribution in [0.3, 0.4) is 0 Å². The van der Waals surface area contributed by atoms with Crippen molar-refractivity contribution >= 4 is 17.4 Å². The lowest BCUT2D eigenvalue weighted by Crippen LogP contribution is -2.24. The molecule has 0 unspecified atom stereocenters. The van der Waals surface area contributed by atoms with Crippen molar-refractivity contribution in [3.05, 3.63) is 77.4 Å². The van der Waals surface area contributed by atoms with E-state index in [-0.39, 0.29) is 11.7 Å². The summed E-state index contributed by atoms with van der Waals surface area (Å²) in [5.41, 5.74) is 2.46. The van der Waals surface area contributed by atoms with Crippen molar-refractivity contribution < 1.29 is 9.59 Å². The third-order valence-corrected chi connectivity index (χ3v) is 3.24. The van der Waals surface area contributed by atoms with Gasteiger partial charge in [0.1, 0.15) is 0 Å². The molecule has 0 spiro atoms. The predicted octanol–water partition coefficient (Wildman–Crippen LogP) is 3.44. The molecule has 3 nitrogen and oxygen atoms in total. The van der Waals surface area contributed by atoms with E-state index in [0.29, 0.717) is 16.8 Å². The van der Waals surface area contributed by atoms with Crippen LogP contribution in [0.2, 0.25) is 0 Å². The topological polar surface area (TPSA) is 46.2 Å². The minimum atomic E-state index is -0.227. The zero-order valence-electron chi connectivity index (χ0n) is 12.1. The van der Waals surface area contributed by atoms with E-state index < -0.39 is 0 Å². The molecule has 0 aromatic heterocycles. The molecule has 3 heteroatoms. The highest BCUT2D eigenvalue weighted by Gasteiger charge is 2.13. The quantitative estimate of drug-likeness (QED) is 0.871. The maximum absolute atomic E-state index is 12.3. The van der Waals surface area contributed by atoms with Crippen LogP contribution in [-0.4, -0.2) is 11.7 Å². The highest BCUT2D eigenvalue weighted by molar-refractivity contribution is 6.06. The molecule has 0 atom stereocenters. The number of Topliss-reactive ketones (excluding diaryl/α,β-unsaturated/α-hetero) is 1. The first-order chi connectivity index (χ1) is 10.1. The largest absolute Gasteiger partial charge is 0.321 e. The maximum Gasteiger partial charge on any atom is 0.255 e. The lowest BCUT2D eigenvalue weighted by molar-refractivity contribution is -0.113. The molecule has 0 saturated heterocycles. The summed E-state index contributed by atoms with van der Waals surface area (Å²) in [5.74, 6) is -0.294. The summed E-state index contributed by atoms with van der Waals surface area (Å²) in [6.45, 7) is 3.21. The molecule has 0 aliphatic heterocycles. The maximum atomic E-state index is 12.3. The zero-order chi connectivity index (χ0) is 15.2. The van der Waals surface area contributed by atoms with E-state index in [1.807, 2.05) is 36.4 Å². The third kappa shape index (κ3) is 3.66. The first-order valence-corrected chi connectivity index (χ1v) is 6.73. The Balaban J connectivity index is 2.37. The lowest BCUT2D eigenvalue weighted by Gasteiger charge is -2.13. The Morgan fingerprint density at radius 2 is 1.24 bits per heavy atom.